The van der Waals surface area contributed by atoms with Crippen molar-refractivity contribution in [2.24, 2.45) is 0 Å². The van der Waals surface area contributed by atoms with Crippen molar-refractivity contribution >= 4 is 17.4 Å². The Morgan fingerprint density at radius 2 is 1.87 bits per heavy atom. The van der Waals surface area contributed by atoms with Gasteiger partial charge in [0, 0.05) is 0 Å². The number of rotatable bonds is 1. The third-order valence-electron chi connectivity index (χ3n) is 1.53. The standard InChI is InChI=1S/C7H4ClF5N2/c8-2-1-3(5(9)10)15-6(14)4(2)7(11,12)13/h1,5H,(H2,14,15). The van der Waals surface area contributed by atoms with Crippen molar-refractivity contribution in [3.05, 3.63) is 22.3 Å². The van der Waals surface area contributed by atoms with Crippen LogP contribution < -0.4 is 5.73 Å². The van der Waals surface area contributed by atoms with Gasteiger partial charge in [-0.2, -0.15) is 13.2 Å². The van der Waals surface area contributed by atoms with E-state index in [0.717, 1.165) is 0 Å². The van der Waals surface area contributed by atoms with Crippen molar-refractivity contribution in [3.63, 3.8) is 0 Å². The maximum atomic E-state index is 12.3. The van der Waals surface area contributed by atoms with E-state index in [-0.39, 0.29) is 0 Å². The SMILES string of the molecule is Nc1nc(C(F)F)cc(Cl)c1C(F)(F)F. The Morgan fingerprint density at radius 1 is 1.33 bits per heavy atom. The molecule has 1 rings (SSSR count). The summed E-state index contributed by atoms with van der Waals surface area (Å²) in [6, 6.07) is 0.450. The zero-order valence-corrected chi connectivity index (χ0v) is 7.70. The Labute approximate surface area is 85.9 Å². The van der Waals surface area contributed by atoms with Gasteiger partial charge in [-0.05, 0) is 6.07 Å². The van der Waals surface area contributed by atoms with Crippen molar-refractivity contribution in [1.82, 2.24) is 4.98 Å². The molecule has 0 aliphatic heterocycles. The molecule has 1 aromatic heterocycles. The molecule has 0 saturated heterocycles. The maximum absolute atomic E-state index is 12.3. The van der Waals surface area contributed by atoms with E-state index in [1.807, 2.05) is 0 Å². The highest BCUT2D eigenvalue weighted by Crippen LogP contribution is 2.39. The molecule has 0 unspecified atom stereocenters. The van der Waals surface area contributed by atoms with E-state index in [9.17, 15) is 22.0 Å². The zero-order valence-electron chi connectivity index (χ0n) is 6.95. The van der Waals surface area contributed by atoms with Crippen molar-refractivity contribution in [2.45, 2.75) is 12.6 Å². The van der Waals surface area contributed by atoms with Gasteiger partial charge in [0.25, 0.3) is 6.43 Å². The van der Waals surface area contributed by atoms with Crippen LogP contribution in [-0.4, -0.2) is 4.98 Å². The number of nitrogens with zero attached hydrogens (tertiary/aromatic N) is 1. The van der Waals surface area contributed by atoms with Gasteiger partial charge in [0.2, 0.25) is 0 Å². The van der Waals surface area contributed by atoms with E-state index < -0.39 is 34.7 Å². The lowest BCUT2D eigenvalue weighted by Gasteiger charge is -2.12. The van der Waals surface area contributed by atoms with Gasteiger partial charge in [0.15, 0.2) is 0 Å². The van der Waals surface area contributed by atoms with Crippen LogP contribution in [0.15, 0.2) is 6.07 Å². The molecule has 0 atom stereocenters. The van der Waals surface area contributed by atoms with E-state index in [0.29, 0.717) is 6.07 Å². The van der Waals surface area contributed by atoms with Gasteiger partial charge < -0.3 is 5.73 Å². The molecule has 0 spiro atoms. The molecular formula is C7H4ClF5N2. The van der Waals surface area contributed by atoms with Gasteiger partial charge in [-0.25, -0.2) is 13.8 Å². The smallest absolute Gasteiger partial charge is 0.383 e. The van der Waals surface area contributed by atoms with Gasteiger partial charge in [0.1, 0.15) is 17.1 Å². The lowest BCUT2D eigenvalue weighted by Crippen LogP contribution is -2.12. The summed E-state index contributed by atoms with van der Waals surface area (Å²) in [6.07, 6.45) is -7.83. The Morgan fingerprint density at radius 3 is 2.20 bits per heavy atom. The maximum Gasteiger partial charge on any atom is 0.421 e. The minimum absolute atomic E-state index is 0.450. The summed E-state index contributed by atoms with van der Waals surface area (Å²) >= 11 is 5.19. The number of alkyl halides is 5. The first-order valence-corrected chi connectivity index (χ1v) is 3.92. The van der Waals surface area contributed by atoms with Crippen LogP contribution in [-0.2, 0) is 6.18 Å². The highest BCUT2D eigenvalue weighted by Gasteiger charge is 2.37. The minimum Gasteiger partial charge on any atom is -0.383 e. The predicted molar refractivity (Wildman–Crippen MR) is 43.6 cm³/mol. The molecule has 1 aromatic rings. The molecule has 0 saturated carbocycles. The van der Waals surface area contributed by atoms with E-state index in [2.05, 4.69) is 4.98 Å². The second kappa shape index (κ2) is 3.80. The quantitative estimate of drug-likeness (QED) is 0.773. The molecule has 2 N–H and O–H groups in total. The molecule has 84 valence electrons. The first-order valence-electron chi connectivity index (χ1n) is 3.54. The Balaban J connectivity index is 3.34. The fourth-order valence-corrected chi connectivity index (χ4v) is 1.26. The van der Waals surface area contributed by atoms with Gasteiger partial charge in [-0.3, -0.25) is 0 Å². The number of halogens is 6. The molecular weight excluding hydrogens is 243 g/mol. The zero-order chi connectivity index (χ0) is 11.8. The highest BCUT2D eigenvalue weighted by molar-refractivity contribution is 6.31. The summed E-state index contributed by atoms with van der Waals surface area (Å²) < 4.78 is 60.9. The van der Waals surface area contributed by atoms with Crippen LogP contribution >= 0.6 is 11.6 Å². The average molecular weight is 247 g/mol. The number of hydrogen-bond donors (Lipinski definition) is 1. The number of anilines is 1. The Bertz CT molecular complexity index is 353. The van der Waals surface area contributed by atoms with E-state index >= 15 is 0 Å². The Kier molecular flexibility index (Phi) is 3.03. The average Bonchev–Trinajstić information content (AvgIpc) is 1.99. The van der Waals surface area contributed by atoms with Crippen molar-refractivity contribution < 1.29 is 22.0 Å². The van der Waals surface area contributed by atoms with Gasteiger partial charge in [-0.1, -0.05) is 11.6 Å². The lowest BCUT2D eigenvalue weighted by atomic mass is 10.2. The number of nitrogen functional groups attached to an aromatic ring is 1. The summed E-state index contributed by atoms with van der Waals surface area (Å²) in [6.45, 7) is 0. The van der Waals surface area contributed by atoms with Crippen molar-refractivity contribution in [1.29, 1.82) is 0 Å². The number of hydrogen-bond acceptors (Lipinski definition) is 2. The monoisotopic (exact) mass is 246 g/mol. The molecule has 8 heteroatoms. The molecule has 15 heavy (non-hydrogen) atoms. The highest BCUT2D eigenvalue weighted by atomic mass is 35.5. The third-order valence-corrected chi connectivity index (χ3v) is 1.82. The van der Waals surface area contributed by atoms with E-state index in [1.165, 1.54) is 0 Å². The summed E-state index contributed by atoms with van der Waals surface area (Å²) in [5.41, 5.74) is 2.62. The van der Waals surface area contributed by atoms with Gasteiger partial charge in [-0.15, -0.1) is 0 Å². The van der Waals surface area contributed by atoms with Crippen LogP contribution in [0.5, 0.6) is 0 Å². The lowest BCUT2D eigenvalue weighted by molar-refractivity contribution is -0.137. The summed E-state index contributed by atoms with van der Waals surface area (Å²) in [5.74, 6) is -1.05. The van der Waals surface area contributed by atoms with Crippen molar-refractivity contribution in [3.8, 4) is 0 Å². The Hall–Kier alpha value is -1.11. The number of pyridine rings is 1. The van der Waals surface area contributed by atoms with E-state index in [4.69, 9.17) is 17.3 Å². The second-order valence-electron chi connectivity index (χ2n) is 2.59. The summed E-state index contributed by atoms with van der Waals surface area (Å²) in [5, 5.41) is -0.884. The van der Waals surface area contributed by atoms with Gasteiger partial charge >= 0.3 is 6.18 Å². The van der Waals surface area contributed by atoms with Crippen LogP contribution in [0.3, 0.4) is 0 Å². The summed E-state index contributed by atoms with van der Waals surface area (Å²) in [7, 11) is 0. The normalized spacial score (nSPS) is 12.2. The fraction of sp³-hybridized carbons (Fsp3) is 0.286. The molecule has 0 aliphatic carbocycles. The van der Waals surface area contributed by atoms with Crippen LogP contribution in [0.25, 0.3) is 0 Å². The molecule has 0 radical (unpaired) electrons. The molecule has 0 fully saturated rings. The molecule has 0 bridgehead atoms. The van der Waals surface area contributed by atoms with Crippen LogP contribution in [0.1, 0.15) is 17.7 Å². The second-order valence-corrected chi connectivity index (χ2v) is 2.99. The van der Waals surface area contributed by atoms with Crippen LogP contribution in [0.4, 0.5) is 27.8 Å². The van der Waals surface area contributed by atoms with Crippen LogP contribution in [0.2, 0.25) is 5.02 Å². The van der Waals surface area contributed by atoms with Crippen LogP contribution in [0, 0.1) is 0 Å². The topological polar surface area (TPSA) is 38.9 Å². The molecule has 0 aliphatic rings. The molecule has 1 heterocycles. The molecule has 2 nitrogen and oxygen atoms in total. The first kappa shape index (κ1) is 12.0. The fourth-order valence-electron chi connectivity index (χ4n) is 0.944. The minimum atomic E-state index is -4.81. The number of nitrogens with two attached hydrogens (primary N) is 1. The third kappa shape index (κ3) is 2.47. The first-order chi connectivity index (χ1) is 6.73. The largest absolute Gasteiger partial charge is 0.421 e. The molecule has 0 amide bonds. The van der Waals surface area contributed by atoms with Gasteiger partial charge in [0.05, 0.1) is 5.02 Å². The number of aromatic nitrogens is 1. The predicted octanol–water partition coefficient (Wildman–Crippen LogP) is 3.27. The summed E-state index contributed by atoms with van der Waals surface area (Å²) in [4.78, 5) is 2.92. The molecule has 0 aromatic carbocycles. The van der Waals surface area contributed by atoms with Crippen molar-refractivity contribution in [2.75, 3.05) is 5.73 Å². The van der Waals surface area contributed by atoms with E-state index in [1.54, 1.807) is 0 Å².